The summed E-state index contributed by atoms with van der Waals surface area (Å²) in [5.74, 6) is 1.69. The normalized spacial score (nSPS) is 24.2. The summed E-state index contributed by atoms with van der Waals surface area (Å²) in [5.41, 5.74) is 7.30. The number of hydrogen-bond donors (Lipinski definition) is 1. The van der Waals surface area contributed by atoms with Crippen molar-refractivity contribution < 1.29 is 9.47 Å². The molecular weight excluding hydrogens is 266 g/mol. The number of benzene rings is 1. The lowest BCUT2D eigenvalue weighted by atomic mass is 10.0. The van der Waals surface area contributed by atoms with Crippen LogP contribution in [-0.4, -0.2) is 55.4 Å². The molecule has 1 aromatic carbocycles. The first-order valence-electron chi connectivity index (χ1n) is 7.93. The van der Waals surface area contributed by atoms with Crippen LogP contribution in [0.1, 0.15) is 24.4 Å². The van der Waals surface area contributed by atoms with Crippen LogP contribution in [0.25, 0.3) is 0 Å². The highest BCUT2D eigenvalue weighted by atomic mass is 16.7. The maximum atomic E-state index is 6.06. The monoisotopic (exact) mass is 289 g/mol. The Hall–Kier alpha value is -1.30. The first-order chi connectivity index (χ1) is 10.3. The molecule has 1 saturated heterocycles. The van der Waals surface area contributed by atoms with E-state index in [9.17, 15) is 0 Å². The molecule has 2 aliphatic heterocycles. The van der Waals surface area contributed by atoms with E-state index >= 15 is 0 Å². The van der Waals surface area contributed by atoms with Crippen molar-refractivity contribution in [3.63, 3.8) is 0 Å². The number of hydrogen-bond acceptors (Lipinski definition) is 5. The summed E-state index contributed by atoms with van der Waals surface area (Å²) in [7, 11) is 0. The Kier molecular flexibility index (Phi) is 3.49. The first-order valence-corrected chi connectivity index (χ1v) is 7.93. The predicted octanol–water partition coefficient (Wildman–Crippen LogP) is 1.20. The standard InChI is InChI=1S/C16H23N3O2/c17-10-14(12-1-4-15-16(9-12)21-11-20-15)19-7-5-18(6-8-19)13-2-3-13/h1,4,9,13-14H,2-3,5-8,10-11,17H2. The van der Waals surface area contributed by atoms with Crippen molar-refractivity contribution in [1.29, 1.82) is 0 Å². The lowest BCUT2D eigenvalue weighted by Crippen LogP contribution is -2.49. The van der Waals surface area contributed by atoms with Crippen LogP contribution in [0.2, 0.25) is 0 Å². The van der Waals surface area contributed by atoms with Crippen LogP contribution in [-0.2, 0) is 0 Å². The van der Waals surface area contributed by atoms with Crippen LogP contribution in [0, 0.1) is 0 Å². The molecule has 5 heteroatoms. The lowest BCUT2D eigenvalue weighted by Gasteiger charge is -2.39. The summed E-state index contributed by atoms with van der Waals surface area (Å²) in [5, 5.41) is 0. The summed E-state index contributed by atoms with van der Waals surface area (Å²) in [6, 6.07) is 7.36. The summed E-state index contributed by atoms with van der Waals surface area (Å²) in [6.07, 6.45) is 2.78. The van der Waals surface area contributed by atoms with Crippen molar-refractivity contribution in [3.8, 4) is 11.5 Å². The van der Waals surface area contributed by atoms with Gasteiger partial charge in [-0.05, 0) is 30.5 Å². The topological polar surface area (TPSA) is 51.0 Å². The van der Waals surface area contributed by atoms with Gasteiger partial charge in [0.2, 0.25) is 6.79 Å². The van der Waals surface area contributed by atoms with Crippen molar-refractivity contribution in [2.45, 2.75) is 24.9 Å². The van der Waals surface area contributed by atoms with Crippen LogP contribution in [0.15, 0.2) is 18.2 Å². The average Bonchev–Trinajstić information content (AvgIpc) is 3.27. The van der Waals surface area contributed by atoms with Gasteiger partial charge in [0.25, 0.3) is 0 Å². The molecule has 0 aromatic heterocycles. The second kappa shape index (κ2) is 5.48. The zero-order valence-corrected chi connectivity index (χ0v) is 12.3. The van der Waals surface area contributed by atoms with Crippen molar-refractivity contribution in [1.82, 2.24) is 9.80 Å². The van der Waals surface area contributed by atoms with Crippen molar-refractivity contribution in [2.24, 2.45) is 5.73 Å². The van der Waals surface area contributed by atoms with Crippen LogP contribution in [0.4, 0.5) is 0 Å². The van der Waals surface area contributed by atoms with Gasteiger partial charge in [0, 0.05) is 44.8 Å². The Bertz CT molecular complexity index is 510. The number of rotatable bonds is 4. The smallest absolute Gasteiger partial charge is 0.231 e. The Balaban J connectivity index is 1.46. The van der Waals surface area contributed by atoms with Crippen LogP contribution >= 0.6 is 0 Å². The van der Waals surface area contributed by atoms with Crippen LogP contribution in [0.3, 0.4) is 0 Å². The molecule has 1 aliphatic carbocycles. The van der Waals surface area contributed by atoms with Gasteiger partial charge in [-0.2, -0.15) is 0 Å². The van der Waals surface area contributed by atoms with Crippen LogP contribution in [0.5, 0.6) is 11.5 Å². The van der Waals surface area contributed by atoms with Crippen molar-refractivity contribution >= 4 is 0 Å². The fourth-order valence-electron chi connectivity index (χ4n) is 3.47. The third kappa shape index (κ3) is 2.61. The van der Waals surface area contributed by atoms with E-state index < -0.39 is 0 Å². The van der Waals surface area contributed by atoms with Crippen LogP contribution < -0.4 is 15.2 Å². The van der Waals surface area contributed by atoms with E-state index in [0.717, 1.165) is 30.6 Å². The number of ether oxygens (including phenoxy) is 2. The number of piperazine rings is 1. The molecule has 5 nitrogen and oxygen atoms in total. The third-order valence-electron chi connectivity index (χ3n) is 4.86. The molecule has 1 aromatic rings. The van der Waals surface area contributed by atoms with Gasteiger partial charge in [-0.25, -0.2) is 0 Å². The van der Waals surface area contributed by atoms with E-state index in [-0.39, 0.29) is 6.04 Å². The maximum Gasteiger partial charge on any atom is 0.231 e. The fraction of sp³-hybridized carbons (Fsp3) is 0.625. The number of nitrogens with two attached hydrogens (primary N) is 1. The fourth-order valence-corrected chi connectivity index (χ4v) is 3.47. The van der Waals surface area contributed by atoms with Gasteiger partial charge in [-0.15, -0.1) is 0 Å². The highest BCUT2D eigenvalue weighted by Gasteiger charge is 2.33. The molecule has 0 spiro atoms. The minimum atomic E-state index is 0.279. The second-order valence-electron chi connectivity index (χ2n) is 6.17. The minimum absolute atomic E-state index is 0.279. The molecule has 2 N–H and O–H groups in total. The summed E-state index contributed by atoms with van der Waals surface area (Å²) in [4.78, 5) is 5.14. The molecule has 21 heavy (non-hydrogen) atoms. The Morgan fingerprint density at radius 3 is 2.57 bits per heavy atom. The quantitative estimate of drug-likeness (QED) is 0.902. The van der Waals surface area contributed by atoms with E-state index in [1.165, 1.54) is 31.5 Å². The van der Waals surface area contributed by atoms with Gasteiger partial charge in [-0.3, -0.25) is 9.80 Å². The van der Waals surface area contributed by atoms with Gasteiger partial charge in [0.1, 0.15) is 0 Å². The zero-order chi connectivity index (χ0) is 14.2. The molecule has 1 atom stereocenters. The molecule has 2 fully saturated rings. The van der Waals surface area contributed by atoms with Gasteiger partial charge in [0.05, 0.1) is 0 Å². The average molecular weight is 289 g/mol. The molecule has 114 valence electrons. The van der Waals surface area contributed by atoms with E-state index in [2.05, 4.69) is 21.9 Å². The third-order valence-corrected chi connectivity index (χ3v) is 4.86. The first kappa shape index (κ1) is 13.4. The summed E-state index contributed by atoms with van der Waals surface area (Å²) < 4.78 is 10.9. The molecule has 1 unspecified atom stereocenters. The molecule has 0 bridgehead atoms. The maximum absolute atomic E-state index is 6.06. The van der Waals surface area contributed by atoms with Crippen molar-refractivity contribution in [3.05, 3.63) is 23.8 Å². The molecule has 2 heterocycles. The highest BCUT2D eigenvalue weighted by Crippen LogP contribution is 2.36. The molecule has 3 aliphatic rings. The molecule has 4 rings (SSSR count). The van der Waals surface area contributed by atoms with E-state index in [0.29, 0.717) is 13.3 Å². The molecule has 0 radical (unpaired) electrons. The van der Waals surface area contributed by atoms with Crippen molar-refractivity contribution in [2.75, 3.05) is 39.5 Å². The Morgan fingerprint density at radius 2 is 1.86 bits per heavy atom. The second-order valence-corrected chi connectivity index (χ2v) is 6.17. The number of fused-ring (bicyclic) bond motifs is 1. The predicted molar refractivity (Wildman–Crippen MR) is 80.5 cm³/mol. The molecular formula is C16H23N3O2. The largest absolute Gasteiger partial charge is 0.454 e. The van der Waals surface area contributed by atoms with E-state index in [1.807, 2.05) is 6.07 Å². The van der Waals surface area contributed by atoms with Gasteiger partial charge >= 0.3 is 0 Å². The van der Waals surface area contributed by atoms with Gasteiger partial charge in [-0.1, -0.05) is 6.07 Å². The summed E-state index contributed by atoms with van der Waals surface area (Å²) >= 11 is 0. The lowest BCUT2D eigenvalue weighted by molar-refractivity contribution is 0.0937. The minimum Gasteiger partial charge on any atom is -0.454 e. The summed E-state index contributed by atoms with van der Waals surface area (Å²) in [6.45, 7) is 5.52. The van der Waals surface area contributed by atoms with E-state index in [4.69, 9.17) is 15.2 Å². The zero-order valence-electron chi connectivity index (χ0n) is 12.3. The SMILES string of the molecule is NCC(c1ccc2c(c1)OCO2)N1CCN(C2CC2)CC1. The van der Waals surface area contributed by atoms with Gasteiger partial charge < -0.3 is 15.2 Å². The highest BCUT2D eigenvalue weighted by molar-refractivity contribution is 5.45. The molecule has 0 amide bonds. The molecule has 1 saturated carbocycles. The Labute approximate surface area is 125 Å². The van der Waals surface area contributed by atoms with E-state index in [1.54, 1.807) is 0 Å². The Morgan fingerprint density at radius 1 is 1.10 bits per heavy atom. The van der Waals surface area contributed by atoms with Gasteiger partial charge in [0.15, 0.2) is 11.5 Å². The number of nitrogens with zero attached hydrogens (tertiary/aromatic N) is 2.